The van der Waals surface area contributed by atoms with Crippen LogP contribution in [0.5, 0.6) is 0 Å². The molecule has 4 aromatic rings. The van der Waals surface area contributed by atoms with E-state index in [-0.39, 0.29) is 0 Å². The Kier molecular flexibility index (Phi) is 5.71. The second-order valence-electron chi connectivity index (χ2n) is 6.23. The first-order chi connectivity index (χ1) is 13.2. The van der Waals surface area contributed by atoms with Crippen LogP contribution in [0.3, 0.4) is 0 Å². The molecule has 1 aromatic carbocycles. The number of thiazole rings is 1. The van der Waals surface area contributed by atoms with Crippen molar-refractivity contribution in [3.63, 3.8) is 0 Å². The number of nitrogens with zero attached hydrogens (tertiary/aromatic N) is 4. The average molecular weight is 413 g/mol. The molecule has 0 N–H and O–H groups in total. The summed E-state index contributed by atoms with van der Waals surface area (Å²) in [5, 5.41) is 15.1. The molecule has 0 aliphatic carbocycles. The fourth-order valence-electron chi connectivity index (χ4n) is 2.75. The summed E-state index contributed by atoms with van der Waals surface area (Å²) in [6, 6.07) is 12.7. The van der Waals surface area contributed by atoms with Crippen LogP contribution in [0.1, 0.15) is 24.6 Å². The van der Waals surface area contributed by atoms with E-state index in [0.717, 1.165) is 45.3 Å². The molecule has 0 saturated carbocycles. The maximum Gasteiger partial charge on any atom is 0.191 e. The largest absolute Gasteiger partial charge is 0.301 e. The minimum Gasteiger partial charge on any atom is -0.301 e. The molecule has 0 aliphatic heterocycles. The van der Waals surface area contributed by atoms with Gasteiger partial charge in [-0.15, -0.1) is 32.9 Å². The van der Waals surface area contributed by atoms with E-state index in [1.807, 2.05) is 0 Å². The lowest BCUT2D eigenvalue weighted by molar-refractivity contribution is 0.627. The lowest BCUT2D eigenvalue weighted by Crippen LogP contribution is -2.01. The van der Waals surface area contributed by atoms with Crippen molar-refractivity contribution in [2.45, 2.75) is 37.7 Å². The first kappa shape index (κ1) is 18.4. The Labute approximate surface area is 171 Å². The molecule has 0 spiro atoms. The number of benzene rings is 1. The number of thiophene rings is 1. The minimum atomic E-state index is 0.800. The number of thioether (sulfide) groups is 1. The molecule has 138 valence electrons. The molecular formula is C20H20N4S3. The minimum absolute atomic E-state index is 0.800. The summed E-state index contributed by atoms with van der Waals surface area (Å²) in [6.07, 6.45) is 1.05. The van der Waals surface area contributed by atoms with Gasteiger partial charge in [-0.05, 0) is 24.8 Å². The van der Waals surface area contributed by atoms with Gasteiger partial charge in [0.25, 0.3) is 0 Å². The van der Waals surface area contributed by atoms with Gasteiger partial charge in [0.05, 0.1) is 10.6 Å². The van der Waals surface area contributed by atoms with Crippen molar-refractivity contribution >= 4 is 34.4 Å². The Bertz CT molecular complexity index is 1000. The first-order valence-corrected chi connectivity index (χ1v) is 11.6. The lowest BCUT2D eigenvalue weighted by Gasteiger charge is -2.07. The molecule has 0 radical (unpaired) electrons. The fraction of sp³-hybridized carbons (Fsp3) is 0.250. The van der Waals surface area contributed by atoms with E-state index < -0.39 is 0 Å². The smallest absolute Gasteiger partial charge is 0.191 e. The van der Waals surface area contributed by atoms with Crippen molar-refractivity contribution in [2.24, 2.45) is 0 Å². The van der Waals surface area contributed by atoms with E-state index in [2.05, 4.69) is 75.8 Å². The lowest BCUT2D eigenvalue weighted by atomic mass is 10.2. The summed E-state index contributed by atoms with van der Waals surface area (Å²) < 4.78 is 2.23. The number of aromatic nitrogens is 4. The topological polar surface area (TPSA) is 43.6 Å². The highest BCUT2D eigenvalue weighted by molar-refractivity contribution is 7.98. The third kappa shape index (κ3) is 4.15. The number of aryl methyl sites for hydroxylation is 1. The summed E-state index contributed by atoms with van der Waals surface area (Å²) in [5.74, 6) is 1.77. The Morgan fingerprint density at radius 3 is 2.67 bits per heavy atom. The van der Waals surface area contributed by atoms with E-state index in [0.29, 0.717) is 0 Å². The van der Waals surface area contributed by atoms with Gasteiger partial charge in [-0.25, -0.2) is 4.98 Å². The molecule has 0 unspecified atom stereocenters. The summed E-state index contributed by atoms with van der Waals surface area (Å²) in [5.41, 5.74) is 3.53. The molecule has 0 bridgehead atoms. The zero-order valence-electron chi connectivity index (χ0n) is 15.3. The molecular weight excluding hydrogens is 392 g/mol. The first-order valence-electron chi connectivity index (χ1n) is 8.86. The van der Waals surface area contributed by atoms with Gasteiger partial charge in [0.15, 0.2) is 11.0 Å². The molecule has 3 heterocycles. The van der Waals surface area contributed by atoms with Crippen LogP contribution in [0, 0.1) is 6.92 Å². The monoisotopic (exact) mass is 412 g/mol. The molecule has 0 amide bonds. The zero-order chi connectivity index (χ0) is 18.6. The van der Waals surface area contributed by atoms with E-state index >= 15 is 0 Å². The SMILES string of the molecule is CCCn1c(SCc2csc(-c3ccc(C)cc3)n2)nnc1-c1cccs1. The van der Waals surface area contributed by atoms with Gasteiger partial charge in [0, 0.05) is 23.2 Å². The van der Waals surface area contributed by atoms with Gasteiger partial charge in [-0.1, -0.05) is 54.6 Å². The molecule has 0 saturated heterocycles. The van der Waals surface area contributed by atoms with Crippen molar-refractivity contribution in [1.29, 1.82) is 0 Å². The van der Waals surface area contributed by atoms with Crippen LogP contribution >= 0.6 is 34.4 Å². The zero-order valence-corrected chi connectivity index (χ0v) is 17.7. The molecule has 4 nitrogen and oxygen atoms in total. The number of hydrogen-bond donors (Lipinski definition) is 0. The van der Waals surface area contributed by atoms with Gasteiger partial charge in [0.2, 0.25) is 0 Å². The molecule has 27 heavy (non-hydrogen) atoms. The third-order valence-electron chi connectivity index (χ3n) is 4.11. The Balaban J connectivity index is 1.50. The van der Waals surface area contributed by atoms with E-state index in [4.69, 9.17) is 4.98 Å². The second kappa shape index (κ2) is 8.37. The van der Waals surface area contributed by atoms with Gasteiger partial charge in [-0.3, -0.25) is 0 Å². The summed E-state index contributed by atoms with van der Waals surface area (Å²) in [6.45, 7) is 5.21. The molecule has 0 aliphatic rings. The summed E-state index contributed by atoms with van der Waals surface area (Å²) in [4.78, 5) is 5.96. The highest BCUT2D eigenvalue weighted by Crippen LogP contribution is 2.30. The van der Waals surface area contributed by atoms with Crippen LogP contribution in [-0.4, -0.2) is 19.7 Å². The summed E-state index contributed by atoms with van der Waals surface area (Å²) in [7, 11) is 0. The molecule has 7 heteroatoms. The average Bonchev–Trinajstić information content (AvgIpc) is 3.42. The van der Waals surface area contributed by atoms with Gasteiger partial charge >= 0.3 is 0 Å². The van der Waals surface area contributed by atoms with Crippen LogP contribution in [0.2, 0.25) is 0 Å². The van der Waals surface area contributed by atoms with Crippen molar-refractivity contribution in [3.05, 3.63) is 58.4 Å². The fourth-order valence-corrected chi connectivity index (χ4v) is 5.25. The predicted octanol–water partition coefficient (Wildman–Crippen LogP) is 6.14. The van der Waals surface area contributed by atoms with Crippen molar-refractivity contribution < 1.29 is 0 Å². The maximum atomic E-state index is 4.80. The van der Waals surface area contributed by atoms with Gasteiger partial charge in [0.1, 0.15) is 5.01 Å². The van der Waals surface area contributed by atoms with Gasteiger partial charge < -0.3 is 4.57 Å². The van der Waals surface area contributed by atoms with E-state index in [1.165, 1.54) is 11.1 Å². The molecule has 0 atom stereocenters. The highest BCUT2D eigenvalue weighted by atomic mass is 32.2. The standard InChI is InChI=1S/C20H20N4S3/c1-3-10-24-18(17-5-4-11-25-17)22-23-20(24)27-13-16-12-26-19(21-16)15-8-6-14(2)7-9-15/h4-9,11-12H,3,10,13H2,1-2H3. The molecule has 4 rings (SSSR count). The molecule has 0 fully saturated rings. The summed E-state index contributed by atoms with van der Waals surface area (Å²) >= 11 is 5.11. The normalized spacial score (nSPS) is 11.2. The van der Waals surface area contributed by atoms with Crippen molar-refractivity contribution in [1.82, 2.24) is 19.7 Å². The van der Waals surface area contributed by atoms with Crippen LogP contribution < -0.4 is 0 Å². The molecule has 3 aromatic heterocycles. The van der Waals surface area contributed by atoms with Crippen LogP contribution in [0.15, 0.2) is 52.3 Å². The van der Waals surface area contributed by atoms with E-state index in [1.54, 1.807) is 34.4 Å². The highest BCUT2D eigenvalue weighted by Gasteiger charge is 2.15. The second-order valence-corrected chi connectivity index (χ2v) is 8.98. The predicted molar refractivity (Wildman–Crippen MR) is 115 cm³/mol. The number of hydrogen-bond acceptors (Lipinski definition) is 6. The third-order valence-corrected chi connectivity index (χ3v) is 6.91. The maximum absolute atomic E-state index is 4.80. The Hall–Kier alpha value is -1.96. The van der Waals surface area contributed by atoms with Crippen LogP contribution in [0.25, 0.3) is 21.3 Å². The van der Waals surface area contributed by atoms with E-state index in [9.17, 15) is 0 Å². The van der Waals surface area contributed by atoms with Gasteiger partial charge in [-0.2, -0.15) is 0 Å². The number of rotatable bonds is 7. The van der Waals surface area contributed by atoms with Crippen LogP contribution in [-0.2, 0) is 12.3 Å². The van der Waals surface area contributed by atoms with Crippen molar-refractivity contribution in [2.75, 3.05) is 0 Å². The van der Waals surface area contributed by atoms with Crippen molar-refractivity contribution in [3.8, 4) is 21.3 Å². The Morgan fingerprint density at radius 2 is 1.93 bits per heavy atom. The Morgan fingerprint density at radius 1 is 1.07 bits per heavy atom. The van der Waals surface area contributed by atoms with Crippen LogP contribution in [0.4, 0.5) is 0 Å². The quantitative estimate of drug-likeness (QED) is 0.342.